The van der Waals surface area contributed by atoms with Crippen LogP contribution in [0.15, 0.2) is 24.3 Å². The first-order chi connectivity index (χ1) is 9.17. The Morgan fingerprint density at radius 1 is 1.00 bits per heavy atom. The maximum absolute atomic E-state index is 11.7. The van der Waals surface area contributed by atoms with Gasteiger partial charge in [-0.05, 0) is 52.0 Å². The molecular formula is C15H20N2O3. The molecule has 0 bridgehead atoms. The van der Waals surface area contributed by atoms with E-state index in [1.165, 1.54) is 6.92 Å². The molecule has 0 aliphatic rings. The second-order valence-electron chi connectivity index (χ2n) is 5.66. The van der Waals surface area contributed by atoms with E-state index in [4.69, 9.17) is 0 Å². The van der Waals surface area contributed by atoms with E-state index in [2.05, 4.69) is 10.6 Å². The molecule has 0 radical (unpaired) electrons. The van der Waals surface area contributed by atoms with Gasteiger partial charge in [0.1, 0.15) is 6.42 Å². The number of ketones is 1. The minimum absolute atomic E-state index is 0.0348. The van der Waals surface area contributed by atoms with E-state index >= 15 is 0 Å². The number of hydrogen-bond acceptors (Lipinski definition) is 3. The van der Waals surface area contributed by atoms with Crippen LogP contribution in [0.2, 0.25) is 0 Å². The zero-order valence-corrected chi connectivity index (χ0v) is 12.2. The van der Waals surface area contributed by atoms with Crippen molar-refractivity contribution in [3.63, 3.8) is 0 Å². The molecule has 2 amide bonds. The molecule has 5 heteroatoms. The Labute approximate surface area is 118 Å². The summed E-state index contributed by atoms with van der Waals surface area (Å²) in [6.45, 7) is 7.03. The predicted octanol–water partition coefficient (Wildman–Crippen LogP) is 2.13. The standard InChI is InChI=1S/C15H20N2O3/c1-10(18)11-5-7-12(8-6-11)16-13(19)9-14(20)17-15(2,3)4/h5-8H,9H2,1-4H3,(H,16,19)(H,17,20). The molecule has 0 heterocycles. The van der Waals surface area contributed by atoms with Gasteiger partial charge in [0.2, 0.25) is 11.8 Å². The maximum Gasteiger partial charge on any atom is 0.233 e. The van der Waals surface area contributed by atoms with Gasteiger partial charge in [-0.3, -0.25) is 14.4 Å². The van der Waals surface area contributed by atoms with Gasteiger partial charge >= 0.3 is 0 Å². The predicted molar refractivity (Wildman–Crippen MR) is 77.6 cm³/mol. The van der Waals surface area contributed by atoms with Crippen molar-refractivity contribution in [1.29, 1.82) is 0 Å². The Balaban J connectivity index is 2.54. The van der Waals surface area contributed by atoms with Gasteiger partial charge in [0.15, 0.2) is 5.78 Å². The van der Waals surface area contributed by atoms with Crippen molar-refractivity contribution < 1.29 is 14.4 Å². The normalized spacial score (nSPS) is 10.8. The van der Waals surface area contributed by atoms with Crippen molar-refractivity contribution in [3.05, 3.63) is 29.8 Å². The molecule has 0 unspecified atom stereocenters. The summed E-state index contributed by atoms with van der Waals surface area (Å²) in [5, 5.41) is 5.33. The highest BCUT2D eigenvalue weighted by molar-refractivity contribution is 6.04. The Morgan fingerprint density at radius 2 is 1.55 bits per heavy atom. The number of amides is 2. The highest BCUT2D eigenvalue weighted by Crippen LogP contribution is 2.10. The Hall–Kier alpha value is -2.17. The lowest BCUT2D eigenvalue weighted by molar-refractivity contribution is -0.127. The fourth-order valence-electron chi connectivity index (χ4n) is 1.60. The van der Waals surface area contributed by atoms with Crippen LogP contribution in [0.4, 0.5) is 5.69 Å². The molecule has 0 spiro atoms. The molecule has 0 saturated heterocycles. The van der Waals surface area contributed by atoms with Gasteiger partial charge in [0.05, 0.1) is 0 Å². The second kappa shape index (κ2) is 6.32. The molecule has 0 aliphatic heterocycles. The monoisotopic (exact) mass is 276 g/mol. The van der Waals surface area contributed by atoms with Crippen molar-refractivity contribution >= 4 is 23.3 Å². The summed E-state index contributed by atoms with van der Waals surface area (Å²) >= 11 is 0. The smallest absolute Gasteiger partial charge is 0.233 e. The molecule has 108 valence electrons. The molecule has 2 N–H and O–H groups in total. The molecule has 0 atom stereocenters. The average Bonchev–Trinajstić information content (AvgIpc) is 2.26. The third-order valence-corrected chi connectivity index (χ3v) is 2.41. The van der Waals surface area contributed by atoms with E-state index in [9.17, 15) is 14.4 Å². The van der Waals surface area contributed by atoms with E-state index in [0.717, 1.165) is 0 Å². The summed E-state index contributed by atoms with van der Waals surface area (Å²) in [5.41, 5.74) is 0.776. The van der Waals surface area contributed by atoms with Gasteiger partial charge in [-0.1, -0.05) is 0 Å². The lowest BCUT2D eigenvalue weighted by Crippen LogP contribution is -2.41. The Kier molecular flexibility index (Phi) is 5.02. The average molecular weight is 276 g/mol. The number of nitrogens with one attached hydrogen (secondary N) is 2. The molecule has 5 nitrogen and oxygen atoms in total. The van der Waals surface area contributed by atoms with Crippen molar-refractivity contribution in [2.75, 3.05) is 5.32 Å². The Morgan fingerprint density at radius 3 is 2.00 bits per heavy atom. The first kappa shape index (κ1) is 15.9. The summed E-state index contributed by atoms with van der Waals surface area (Å²) < 4.78 is 0. The quantitative estimate of drug-likeness (QED) is 0.653. The third kappa shape index (κ3) is 5.65. The number of Topliss-reactive ketones (excluding diaryl/α,β-unsaturated/α-hetero) is 1. The van der Waals surface area contributed by atoms with Crippen LogP contribution in [0.3, 0.4) is 0 Å². The number of carbonyl (C=O) groups excluding carboxylic acids is 3. The lowest BCUT2D eigenvalue weighted by Gasteiger charge is -2.20. The van der Waals surface area contributed by atoms with Crippen molar-refractivity contribution in [1.82, 2.24) is 5.32 Å². The number of anilines is 1. The molecule has 1 rings (SSSR count). The first-order valence-electron chi connectivity index (χ1n) is 6.39. The number of benzene rings is 1. The zero-order valence-electron chi connectivity index (χ0n) is 12.2. The minimum atomic E-state index is -0.387. The highest BCUT2D eigenvalue weighted by Gasteiger charge is 2.16. The molecule has 1 aromatic rings. The molecule has 1 aromatic carbocycles. The molecule has 20 heavy (non-hydrogen) atoms. The molecule has 0 aliphatic carbocycles. The zero-order chi connectivity index (χ0) is 15.3. The molecule has 0 fully saturated rings. The Bertz CT molecular complexity index is 513. The summed E-state index contributed by atoms with van der Waals surface area (Å²) in [6, 6.07) is 6.53. The van der Waals surface area contributed by atoms with Crippen LogP contribution in [-0.2, 0) is 9.59 Å². The summed E-state index contributed by atoms with van der Waals surface area (Å²) in [4.78, 5) is 34.4. The van der Waals surface area contributed by atoms with E-state index in [0.29, 0.717) is 11.3 Å². The fourth-order valence-corrected chi connectivity index (χ4v) is 1.60. The largest absolute Gasteiger partial charge is 0.351 e. The fraction of sp³-hybridized carbons (Fsp3) is 0.400. The summed E-state index contributed by atoms with van der Waals surface area (Å²) in [7, 11) is 0. The van der Waals surface area contributed by atoms with Crippen LogP contribution in [-0.4, -0.2) is 23.1 Å². The molecule has 0 aromatic heterocycles. The van der Waals surface area contributed by atoms with Crippen molar-refractivity contribution in [2.45, 2.75) is 39.7 Å². The van der Waals surface area contributed by atoms with Gasteiger partial charge in [-0.25, -0.2) is 0 Å². The third-order valence-electron chi connectivity index (χ3n) is 2.41. The number of rotatable bonds is 4. The van der Waals surface area contributed by atoms with Crippen LogP contribution < -0.4 is 10.6 Å². The van der Waals surface area contributed by atoms with Crippen LogP contribution >= 0.6 is 0 Å². The van der Waals surface area contributed by atoms with Crippen LogP contribution in [0.1, 0.15) is 44.5 Å². The minimum Gasteiger partial charge on any atom is -0.351 e. The van der Waals surface area contributed by atoms with Gasteiger partial charge < -0.3 is 10.6 Å². The van der Waals surface area contributed by atoms with E-state index in [1.54, 1.807) is 24.3 Å². The summed E-state index contributed by atoms with van der Waals surface area (Å²) in [5.74, 6) is -0.745. The van der Waals surface area contributed by atoms with Crippen LogP contribution in [0.25, 0.3) is 0 Å². The second-order valence-corrected chi connectivity index (χ2v) is 5.66. The van der Waals surface area contributed by atoms with Gasteiger partial charge in [-0.2, -0.15) is 0 Å². The van der Waals surface area contributed by atoms with E-state index < -0.39 is 0 Å². The van der Waals surface area contributed by atoms with Crippen LogP contribution in [0.5, 0.6) is 0 Å². The number of hydrogen-bond donors (Lipinski definition) is 2. The van der Waals surface area contributed by atoms with E-state index in [-0.39, 0.29) is 29.6 Å². The van der Waals surface area contributed by atoms with E-state index in [1.807, 2.05) is 20.8 Å². The van der Waals surface area contributed by atoms with Crippen molar-refractivity contribution in [2.24, 2.45) is 0 Å². The maximum atomic E-state index is 11.7. The summed E-state index contributed by atoms with van der Waals surface area (Å²) in [6.07, 6.45) is -0.230. The molecule has 0 saturated carbocycles. The number of carbonyl (C=O) groups is 3. The highest BCUT2D eigenvalue weighted by atomic mass is 16.2. The van der Waals surface area contributed by atoms with Gasteiger partial charge in [0, 0.05) is 16.8 Å². The van der Waals surface area contributed by atoms with Gasteiger partial charge in [0.25, 0.3) is 0 Å². The van der Waals surface area contributed by atoms with Crippen molar-refractivity contribution in [3.8, 4) is 0 Å². The lowest BCUT2D eigenvalue weighted by atomic mass is 10.1. The van der Waals surface area contributed by atoms with Gasteiger partial charge in [-0.15, -0.1) is 0 Å². The first-order valence-corrected chi connectivity index (χ1v) is 6.39. The van der Waals surface area contributed by atoms with Crippen LogP contribution in [0, 0.1) is 0 Å². The SMILES string of the molecule is CC(=O)c1ccc(NC(=O)CC(=O)NC(C)(C)C)cc1. The topological polar surface area (TPSA) is 75.3 Å². The molecular weight excluding hydrogens is 256 g/mol.